The molecular weight excluding hydrogens is 242 g/mol. The maximum absolute atomic E-state index is 4.64. The van der Waals surface area contributed by atoms with Crippen molar-refractivity contribution in [2.45, 2.75) is 13.1 Å². The Hall–Kier alpha value is -1.78. The summed E-state index contributed by atoms with van der Waals surface area (Å²) in [7, 11) is 0. The van der Waals surface area contributed by atoms with Crippen LogP contribution in [0, 0.1) is 0 Å². The molecule has 88 valence electrons. The van der Waals surface area contributed by atoms with E-state index in [0.29, 0.717) is 0 Å². The molecule has 0 atom stereocenters. The molecule has 4 heteroatoms. The average molecular weight is 253 g/mol. The lowest BCUT2D eigenvalue weighted by Crippen LogP contribution is -1.99. The molecule has 0 amide bonds. The van der Waals surface area contributed by atoms with Gasteiger partial charge in [0.1, 0.15) is 15.4 Å². The highest BCUT2D eigenvalue weighted by Gasteiger charge is 2.12. The standard InChI is InChI=1S/C14H11N3S/c1-2-12-14(16-5-1)18-13(17-12)9-3-4-10-7-15-8-11(10)6-9/h1-6,15H,7-8H2. The summed E-state index contributed by atoms with van der Waals surface area (Å²) in [4.78, 5) is 9.99. The second kappa shape index (κ2) is 3.86. The van der Waals surface area contributed by atoms with Gasteiger partial charge in [-0.15, -0.1) is 0 Å². The molecule has 0 saturated carbocycles. The topological polar surface area (TPSA) is 37.8 Å². The molecule has 1 aromatic carbocycles. The zero-order chi connectivity index (χ0) is 11.9. The van der Waals surface area contributed by atoms with Gasteiger partial charge in [-0.2, -0.15) is 0 Å². The molecule has 0 radical (unpaired) electrons. The molecule has 4 rings (SSSR count). The molecule has 2 aromatic heterocycles. The number of rotatable bonds is 1. The first kappa shape index (κ1) is 10.2. The van der Waals surface area contributed by atoms with Crippen molar-refractivity contribution in [1.82, 2.24) is 15.3 Å². The van der Waals surface area contributed by atoms with Crippen LogP contribution in [0.25, 0.3) is 20.9 Å². The summed E-state index contributed by atoms with van der Waals surface area (Å²) in [5, 5.41) is 4.42. The summed E-state index contributed by atoms with van der Waals surface area (Å²) in [6.45, 7) is 1.95. The fourth-order valence-electron chi connectivity index (χ4n) is 2.32. The Balaban J connectivity index is 1.86. The van der Waals surface area contributed by atoms with Crippen LogP contribution in [0.5, 0.6) is 0 Å². The van der Waals surface area contributed by atoms with E-state index in [9.17, 15) is 0 Å². The summed E-state index contributed by atoms with van der Waals surface area (Å²) in [5.74, 6) is 0. The molecule has 0 unspecified atom stereocenters. The number of aromatic nitrogens is 2. The van der Waals surface area contributed by atoms with Crippen LogP contribution >= 0.6 is 11.3 Å². The molecule has 0 fully saturated rings. The Morgan fingerprint density at radius 1 is 1.11 bits per heavy atom. The lowest BCUT2D eigenvalue weighted by atomic mass is 10.1. The van der Waals surface area contributed by atoms with E-state index in [4.69, 9.17) is 0 Å². The molecule has 1 N–H and O–H groups in total. The highest BCUT2D eigenvalue weighted by molar-refractivity contribution is 7.21. The first-order valence-corrected chi connectivity index (χ1v) is 6.76. The maximum Gasteiger partial charge on any atom is 0.143 e. The van der Waals surface area contributed by atoms with Crippen LogP contribution in [-0.2, 0) is 13.1 Å². The largest absolute Gasteiger partial charge is 0.309 e. The van der Waals surface area contributed by atoms with E-state index in [-0.39, 0.29) is 0 Å². The van der Waals surface area contributed by atoms with Gasteiger partial charge in [-0.05, 0) is 29.3 Å². The predicted octanol–water partition coefficient (Wildman–Crippen LogP) is 2.96. The molecule has 1 aliphatic rings. The fourth-order valence-corrected chi connectivity index (χ4v) is 3.22. The second-order valence-corrected chi connectivity index (χ2v) is 5.41. The van der Waals surface area contributed by atoms with Gasteiger partial charge in [0.05, 0.1) is 0 Å². The lowest BCUT2D eigenvalue weighted by molar-refractivity contribution is 0.765. The van der Waals surface area contributed by atoms with Gasteiger partial charge in [-0.25, -0.2) is 9.97 Å². The number of nitrogens with zero attached hydrogens (tertiary/aromatic N) is 2. The minimum absolute atomic E-state index is 0.965. The summed E-state index contributed by atoms with van der Waals surface area (Å²) in [6.07, 6.45) is 1.82. The lowest BCUT2D eigenvalue weighted by Gasteiger charge is -2.00. The third kappa shape index (κ3) is 1.54. The summed E-state index contributed by atoms with van der Waals surface area (Å²) in [6, 6.07) is 10.5. The molecule has 0 bridgehead atoms. The van der Waals surface area contributed by atoms with Crippen LogP contribution in [0.3, 0.4) is 0 Å². The van der Waals surface area contributed by atoms with E-state index in [0.717, 1.165) is 28.4 Å². The predicted molar refractivity (Wildman–Crippen MR) is 73.4 cm³/mol. The minimum Gasteiger partial charge on any atom is -0.309 e. The van der Waals surface area contributed by atoms with Gasteiger partial charge in [-0.3, -0.25) is 0 Å². The van der Waals surface area contributed by atoms with Crippen LogP contribution in [0.4, 0.5) is 0 Å². The van der Waals surface area contributed by atoms with Crippen molar-refractivity contribution in [3.05, 3.63) is 47.7 Å². The van der Waals surface area contributed by atoms with Gasteiger partial charge < -0.3 is 5.32 Å². The minimum atomic E-state index is 0.965. The number of fused-ring (bicyclic) bond motifs is 2. The van der Waals surface area contributed by atoms with Crippen molar-refractivity contribution in [1.29, 1.82) is 0 Å². The summed E-state index contributed by atoms with van der Waals surface area (Å²) < 4.78 is 0. The smallest absolute Gasteiger partial charge is 0.143 e. The first-order valence-electron chi connectivity index (χ1n) is 5.94. The molecule has 3 heterocycles. The molecule has 1 aliphatic heterocycles. The number of thiazole rings is 1. The third-order valence-electron chi connectivity index (χ3n) is 3.25. The van der Waals surface area contributed by atoms with Crippen LogP contribution in [0.15, 0.2) is 36.5 Å². The van der Waals surface area contributed by atoms with Gasteiger partial charge in [0.25, 0.3) is 0 Å². The number of hydrogen-bond acceptors (Lipinski definition) is 4. The molecule has 0 saturated heterocycles. The van der Waals surface area contributed by atoms with Gasteiger partial charge in [0.15, 0.2) is 0 Å². The molecule has 3 aromatic rings. The molecule has 0 spiro atoms. The Kier molecular flexibility index (Phi) is 2.18. The SMILES string of the molecule is c1cnc2sc(-c3ccc4c(c3)CNC4)nc2c1. The quantitative estimate of drug-likeness (QED) is 0.724. The number of nitrogens with one attached hydrogen (secondary N) is 1. The maximum atomic E-state index is 4.64. The van der Waals surface area contributed by atoms with E-state index < -0.39 is 0 Å². The fraction of sp³-hybridized carbons (Fsp3) is 0.143. The molecular formula is C14H11N3S. The van der Waals surface area contributed by atoms with Crippen molar-refractivity contribution in [2.75, 3.05) is 0 Å². The third-order valence-corrected chi connectivity index (χ3v) is 4.28. The monoisotopic (exact) mass is 253 g/mol. The summed E-state index contributed by atoms with van der Waals surface area (Å²) >= 11 is 1.65. The molecule has 18 heavy (non-hydrogen) atoms. The number of pyridine rings is 1. The van der Waals surface area contributed by atoms with Gasteiger partial charge in [0, 0.05) is 24.8 Å². The van der Waals surface area contributed by atoms with Crippen LogP contribution in [0.1, 0.15) is 11.1 Å². The van der Waals surface area contributed by atoms with Gasteiger partial charge in [0.2, 0.25) is 0 Å². The Bertz CT molecular complexity index is 700. The molecule has 3 nitrogen and oxygen atoms in total. The normalized spacial score (nSPS) is 14.0. The van der Waals surface area contributed by atoms with E-state index in [1.807, 2.05) is 18.3 Å². The van der Waals surface area contributed by atoms with Crippen molar-refractivity contribution in [3.63, 3.8) is 0 Å². The van der Waals surface area contributed by atoms with Gasteiger partial charge in [-0.1, -0.05) is 23.5 Å². The van der Waals surface area contributed by atoms with Crippen LogP contribution < -0.4 is 5.32 Å². The Labute approximate surface area is 109 Å². The van der Waals surface area contributed by atoms with Crippen LogP contribution in [-0.4, -0.2) is 9.97 Å². The Morgan fingerprint density at radius 2 is 2.06 bits per heavy atom. The zero-order valence-corrected chi connectivity index (χ0v) is 10.5. The number of hydrogen-bond donors (Lipinski definition) is 1. The van der Waals surface area contributed by atoms with E-state index in [1.165, 1.54) is 16.7 Å². The zero-order valence-electron chi connectivity index (χ0n) is 9.68. The average Bonchev–Trinajstić information content (AvgIpc) is 3.04. The second-order valence-electron chi connectivity index (χ2n) is 4.43. The van der Waals surface area contributed by atoms with Crippen molar-refractivity contribution in [2.24, 2.45) is 0 Å². The highest BCUT2D eigenvalue weighted by Crippen LogP contribution is 2.30. The Morgan fingerprint density at radius 3 is 3.00 bits per heavy atom. The first-order chi connectivity index (χ1) is 8.90. The van der Waals surface area contributed by atoms with Crippen molar-refractivity contribution in [3.8, 4) is 10.6 Å². The molecule has 0 aliphatic carbocycles. The van der Waals surface area contributed by atoms with E-state index in [2.05, 4.69) is 33.5 Å². The van der Waals surface area contributed by atoms with E-state index in [1.54, 1.807) is 11.3 Å². The number of benzene rings is 1. The van der Waals surface area contributed by atoms with Gasteiger partial charge >= 0.3 is 0 Å². The summed E-state index contributed by atoms with van der Waals surface area (Å²) in [5.41, 5.74) is 4.97. The van der Waals surface area contributed by atoms with E-state index >= 15 is 0 Å². The van der Waals surface area contributed by atoms with Crippen LogP contribution in [0.2, 0.25) is 0 Å². The highest BCUT2D eigenvalue weighted by atomic mass is 32.1. The van der Waals surface area contributed by atoms with Crippen molar-refractivity contribution >= 4 is 21.7 Å². The van der Waals surface area contributed by atoms with Crippen molar-refractivity contribution < 1.29 is 0 Å².